The highest BCUT2D eigenvalue weighted by Crippen LogP contribution is 2.70. The zero-order valence-corrected chi connectivity index (χ0v) is 22.7. The minimum absolute atomic E-state index is 0.0987. The molecule has 4 aliphatic carbocycles. The van der Waals surface area contributed by atoms with E-state index in [2.05, 4.69) is 56.1 Å². The lowest BCUT2D eigenvalue weighted by Gasteiger charge is -2.66. The molecule has 32 heavy (non-hydrogen) atoms. The van der Waals surface area contributed by atoms with Crippen LogP contribution in [0.15, 0.2) is 0 Å². The number of hydrogen-bond acceptors (Lipinski definition) is 2. The van der Waals surface area contributed by atoms with Crippen LogP contribution < -0.4 is 0 Å². The molecule has 0 N–H and O–H groups in total. The Labute approximate surface area is 198 Å². The van der Waals surface area contributed by atoms with Crippen molar-refractivity contribution < 1.29 is 18.5 Å². The second-order valence-corrected chi connectivity index (χ2v) is 14.8. The molecule has 4 fully saturated rings. The van der Waals surface area contributed by atoms with Crippen LogP contribution in [0, 0.1) is 34.0 Å². The van der Waals surface area contributed by atoms with Gasteiger partial charge in [-0.25, -0.2) is 0 Å². The lowest BCUT2D eigenvalue weighted by molar-refractivity contribution is -0.903. The molecule has 0 heterocycles. The van der Waals surface area contributed by atoms with Gasteiger partial charge in [-0.15, -0.1) is 0 Å². The molecule has 4 rings (SSSR count). The molecule has 184 valence electrons. The van der Waals surface area contributed by atoms with E-state index in [1.54, 1.807) is 6.92 Å². The third-order valence-corrected chi connectivity index (χ3v) is 11.0. The van der Waals surface area contributed by atoms with Crippen LogP contribution in [0.3, 0.4) is 0 Å². The van der Waals surface area contributed by atoms with Gasteiger partial charge in [0.05, 0.1) is 54.9 Å². The van der Waals surface area contributed by atoms with E-state index in [1.807, 2.05) is 0 Å². The van der Waals surface area contributed by atoms with Crippen LogP contribution in [0.1, 0.15) is 78.6 Å². The number of hydrogen-bond donors (Lipinski definition) is 0. The molecule has 1 unspecified atom stereocenters. The lowest BCUT2D eigenvalue weighted by atomic mass is 9.40. The molecule has 8 atom stereocenters. The molecule has 0 bridgehead atoms. The van der Waals surface area contributed by atoms with Gasteiger partial charge < -0.3 is 13.7 Å². The highest BCUT2D eigenvalue weighted by Gasteiger charge is 2.67. The number of fused-ring (bicyclic) bond motifs is 5. The van der Waals surface area contributed by atoms with Crippen LogP contribution in [-0.4, -0.2) is 75.9 Å². The molecule has 4 saturated carbocycles. The van der Waals surface area contributed by atoms with Gasteiger partial charge in [0.2, 0.25) is 0 Å². The average Bonchev–Trinajstić information content (AvgIpc) is 2.98. The van der Waals surface area contributed by atoms with Gasteiger partial charge in [-0.05, 0) is 74.5 Å². The SMILES string of the molecule is CC(=O)OC1CC[C@]2(C)[C@H]3CC[C@@]4(C)[C@@H](CC[C@@H]4[N+](C)(C)C)[C@@H]3CC[C@]2(C[N+](C)(C)C)C1. The number of esters is 1. The van der Waals surface area contributed by atoms with Crippen LogP contribution in [0.5, 0.6) is 0 Å². The van der Waals surface area contributed by atoms with E-state index in [1.165, 1.54) is 51.5 Å². The number of carbonyl (C=O) groups is 1. The Morgan fingerprint density at radius 2 is 1.56 bits per heavy atom. The maximum atomic E-state index is 11.8. The predicted molar refractivity (Wildman–Crippen MR) is 131 cm³/mol. The van der Waals surface area contributed by atoms with Crippen molar-refractivity contribution in [3.05, 3.63) is 0 Å². The average molecular weight is 449 g/mol. The second-order valence-electron chi connectivity index (χ2n) is 14.8. The van der Waals surface area contributed by atoms with Crippen LogP contribution in [-0.2, 0) is 9.53 Å². The van der Waals surface area contributed by atoms with Gasteiger partial charge in [0.1, 0.15) is 6.10 Å². The standard InChI is InChI=1S/C28H52N2O2/c1-20(31)32-21-12-16-27(3)24-14-15-26(2)23(10-11-25(26)30(7,8)9)22(24)13-17-28(27,18-21)19-29(4,5)6/h21-25H,10-19H2,1-9H3/q+2/t21?,22-,23-,24-,25-,26-,27+,28+/m0/s1. The molecule has 0 aromatic rings. The van der Waals surface area contributed by atoms with Crippen LogP contribution in [0.4, 0.5) is 0 Å². The first-order chi connectivity index (χ1) is 14.6. The largest absolute Gasteiger partial charge is 0.463 e. The Balaban J connectivity index is 1.66. The molecule has 4 aliphatic rings. The molecule has 0 aromatic carbocycles. The van der Waals surface area contributed by atoms with Crippen molar-refractivity contribution in [2.24, 2.45) is 34.0 Å². The predicted octanol–water partition coefficient (Wildman–Crippen LogP) is 5.11. The monoisotopic (exact) mass is 448 g/mol. The zero-order valence-electron chi connectivity index (χ0n) is 22.7. The summed E-state index contributed by atoms with van der Waals surface area (Å²) in [5.41, 5.74) is 1.16. The molecule has 4 nitrogen and oxygen atoms in total. The molecular formula is C28H52N2O2+2. The molecule has 0 saturated heterocycles. The van der Waals surface area contributed by atoms with Gasteiger partial charge in [0.25, 0.3) is 0 Å². The number of carbonyl (C=O) groups excluding carboxylic acids is 1. The Bertz CT molecular complexity index is 737. The highest BCUT2D eigenvalue weighted by atomic mass is 16.5. The second kappa shape index (κ2) is 7.70. The molecule has 0 spiro atoms. The van der Waals surface area contributed by atoms with Crippen molar-refractivity contribution in [1.29, 1.82) is 0 Å². The van der Waals surface area contributed by atoms with E-state index in [9.17, 15) is 4.79 Å². The molecule has 0 aliphatic heterocycles. The van der Waals surface area contributed by atoms with E-state index in [0.717, 1.165) is 45.6 Å². The summed E-state index contributed by atoms with van der Waals surface area (Å²) in [5, 5.41) is 0. The van der Waals surface area contributed by atoms with Gasteiger partial charge in [-0.3, -0.25) is 4.79 Å². The Kier molecular flexibility index (Phi) is 5.90. The maximum Gasteiger partial charge on any atom is 0.302 e. The number of rotatable bonds is 4. The minimum atomic E-state index is -0.0987. The zero-order chi connectivity index (χ0) is 23.7. The number of ether oxygens (including phenoxy) is 1. The van der Waals surface area contributed by atoms with Crippen LogP contribution >= 0.6 is 0 Å². The molecule has 0 amide bonds. The first-order valence-electron chi connectivity index (χ1n) is 13.4. The topological polar surface area (TPSA) is 26.3 Å². The van der Waals surface area contributed by atoms with Crippen molar-refractivity contribution in [2.45, 2.75) is 90.7 Å². The summed E-state index contributed by atoms with van der Waals surface area (Å²) < 4.78 is 7.98. The number of nitrogens with zero attached hydrogens (tertiary/aromatic N) is 2. The van der Waals surface area contributed by atoms with Crippen molar-refractivity contribution in [2.75, 3.05) is 48.8 Å². The van der Waals surface area contributed by atoms with Crippen molar-refractivity contribution in [1.82, 2.24) is 0 Å². The summed E-state index contributed by atoms with van der Waals surface area (Å²) in [6.45, 7) is 8.11. The smallest absolute Gasteiger partial charge is 0.302 e. The highest BCUT2D eigenvalue weighted by molar-refractivity contribution is 5.66. The normalized spacial score (nSPS) is 46.7. The first kappa shape index (κ1) is 24.5. The number of quaternary nitrogens is 2. The summed E-state index contributed by atoms with van der Waals surface area (Å²) in [5.74, 6) is 2.53. The van der Waals surface area contributed by atoms with E-state index >= 15 is 0 Å². The summed E-state index contributed by atoms with van der Waals surface area (Å²) in [6, 6.07) is 0.805. The third-order valence-electron chi connectivity index (χ3n) is 11.0. The van der Waals surface area contributed by atoms with E-state index in [0.29, 0.717) is 10.8 Å². The fourth-order valence-corrected chi connectivity index (χ4v) is 10.2. The molecule has 4 heteroatoms. The fourth-order valence-electron chi connectivity index (χ4n) is 10.2. The minimum Gasteiger partial charge on any atom is -0.463 e. The van der Waals surface area contributed by atoms with Gasteiger partial charge in [-0.2, -0.15) is 0 Å². The van der Waals surface area contributed by atoms with Gasteiger partial charge in [0, 0.05) is 24.2 Å². The van der Waals surface area contributed by atoms with E-state index in [4.69, 9.17) is 4.74 Å². The van der Waals surface area contributed by atoms with Crippen LogP contribution in [0.2, 0.25) is 0 Å². The maximum absolute atomic E-state index is 11.8. The Morgan fingerprint density at radius 1 is 0.875 bits per heavy atom. The van der Waals surface area contributed by atoms with Gasteiger partial charge >= 0.3 is 5.97 Å². The van der Waals surface area contributed by atoms with E-state index in [-0.39, 0.29) is 17.5 Å². The lowest BCUT2D eigenvalue weighted by Crippen LogP contribution is -2.64. The van der Waals surface area contributed by atoms with Crippen molar-refractivity contribution in [3.8, 4) is 0 Å². The molecule has 0 radical (unpaired) electrons. The van der Waals surface area contributed by atoms with Gasteiger partial charge in [-0.1, -0.05) is 13.8 Å². The first-order valence-corrected chi connectivity index (χ1v) is 13.4. The van der Waals surface area contributed by atoms with Crippen molar-refractivity contribution >= 4 is 5.97 Å². The van der Waals surface area contributed by atoms with Crippen molar-refractivity contribution in [3.63, 3.8) is 0 Å². The third kappa shape index (κ3) is 3.85. The quantitative estimate of drug-likeness (QED) is 0.441. The summed E-state index contributed by atoms with van der Waals surface area (Å²) in [4.78, 5) is 11.8. The summed E-state index contributed by atoms with van der Waals surface area (Å²) in [7, 11) is 14.4. The summed E-state index contributed by atoms with van der Waals surface area (Å²) in [6.07, 6.45) is 11.8. The Hall–Kier alpha value is -0.610. The van der Waals surface area contributed by atoms with Gasteiger partial charge in [0.15, 0.2) is 0 Å². The van der Waals surface area contributed by atoms with E-state index < -0.39 is 0 Å². The van der Waals surface area contributed by atoms with Crippen LogP contribution in [0.25, 0.3) is 0 Å². The molecule has 0 aromatic heterocycles. The summed E-state index contributed by atoms with van der Waals surface area (Å²) >= 11 is 0. The Morgan fingerprint density at radius 3 is 2.16 bits per heavy atom. The molecular weight excluding hydrogens is 396 g/mol. The fraction of sp³-hybridized carbons (Fsp3) is 0.964.